The van der Waals surface area contributed by atoms with E-state index < -0.39 is 5.91 Å². The van der Waals surface area contributed by atoms with Crippen molar-refractivity contribution < 1.29 is 14.3 Å². The maximum Gasteiger partial charge on any atom is 0.273 e. The molecule has 0 aromatic heterocycles. The molecule has 0 radical (unpaired) electrons. The van der Waals surface area contributed by atoms with Gasteiger partial charge in [-0.1, -0.05) is 91.0 Å². The zero-order valence-electron chi connectivity index (χ0n) is 19.6. The third-order valence-corrected chi connectivity index (χ3v) is 5.44. The van der Waals surface area contributed by atoms with Gasteiger partial charge >= 0.3 is 0 Å². The van der Waals surface area contributed by atoms with Crippen molar-refractivity contribution in [1.29, 1.82) is 5.41 Å². The Bertz CT molecular complexity index is 1190. The average Bonchev–Trinajstić information content (AvgIpc) is 2.88. The number of hydrogen-bond acceptors (Lipinski definition) is 4. The summed E-state index contributed by atoms with van der Waals surface area (Å²) in [6, 6.07) is 25.1. The highest BCUT2D eigenvalue weighted by Gasteiger charge is 2.18. The summed E-state index contributed by atoms with van der Waals surface area (Å²) >= 11 is 6.51. The number of hydrogen-bond donors (Lipinski definition) is 2. The molecular formula is C28H28ClN3O3. The first kappa shape index (κ1) is 25.9. The standard InChI is InChI=1S/C28H28ClN3O3/c1-20(35-19-21-9-5-3-6-10-21)27(28(33)31-15-16-34-2)32-26(30)18-24-14-13-23(17-25(24)29)22-11-7-4-8-12-22/h3-14,17,30H,1,15-16,18-19H2,2H3,(H,31,33). The molecule has 0 saturated carbocycles. The summed E-state index contributed by atoms with van der Waals surface area (Å²) in [6.07, 6.45) is 0.148. The van der Waals surface area contributed by atoms with Gasteiger partial charge in [0.05, 0.1) is 6.61 Å². The van der Waals surface area contributed by atoms with Crippen LogP contribution in [0.5, 0.6) is 0 Å². The molecule has 0 bridgehead atoms. The second-order valence-corrected chi connectivity index (χ2v) is 8.11. The fourth-order valence-electron chi connectivity index (χ4n) is 3.26. The topological polar surface area (TPSA) is 83.8 Å². The molecule has 0 spiro atoms. The Morgan fingerprint density at radius 2 is 1.71 bits per heavy atom. The number of carbonyl (C=O) groups excluding carboxylic acids is 1. The molecular weight excluding hydrogens is 462 g/mol. The molecule has 2 N–H and O–H groups in total. The minimum absolute atomic E-state index is 0.0410. The van der Waals surface area contributed by atoms with Crippen LogP contribution < -0.4 is 5.32 Å². The van der Waals surface area contributed by atoms with E-state index in [9.17, 15) is 4.79 Å². The zero-order valence-corrected chi connectivity index (χ0v) is 20.3. The van der Waals surface area contributed by atoms with Crippen molar-refractivity contribution in [2.75, 3.05) is 20.3 Å². The van der Waals surface area contributed by atoms with Gasteiger partial charge in [-0.2, -0.15) is 0 Å². The second-order valence-electron chi connectivity index (χ2n) is 7.70. The third-order valence-electron chi connectivity index (χ3n) is 5.09. The van der Waals surface area contributed by atoms with Gasteiger partial charge in [0.25, 0.3) is 5.91 Å². The molecule has 0 aliphatic carbocycles. The highest BCUT2D eigenvalue weighted by atomic mass is 35.5. The van der Waals surface area contributed by atoms with Gasteiger partial charge in [0, 0.05) is 25.1 Å². The molecule has 0 atom stereocenters. The van der Waals surface area contributed by atoms with E-state index in [1.165, 1.54) is 0 Å². The highest BCUT2D eigenvalue weighted by Crippen LogP contribution is 2.26. The summed E-state index contributed by atoms with van der Waals surface area (Å²) in [4.78, 5) is 17.0. The summed E-state index contributed by atoms with van der Waals surface area (Å²) in [7, 11) is 1.55. The molecule has 0 fully saturated rings. The van der Waals surface area contributed by atoms with Crippen LogP contribution in [0.1, 0.15) is 11.1 Å². The lowest BCUT2D eigenvalue weighted by atomic mass is 10.0. The molecule has 6 nitrogen and oxygen atoms in total. The van der Waals surface area contributed by atoms with Crippen molar-refractivity contribution >= 4 is 29.1 Å². The lowest BCUT2D eigenvalue weighted by Gasteiger charge is -2.13. The van der Waals surface area contributed by atoms with Crippen LogP contribution >= 0.6 is 11.6 Å². The maximum atomic E-state index is 12.8. The molecule has 0 aliphatic rings. The van der Waals surface area contributed by atoms with Crippen LogP contribution in [0.3, 0.4) is 0 Å². The van der Waals surface area contributed by atoms with Crippen LogP contribution in [0.25, 0.3) is 11.1 Å². The van der Waals surface area contributed by atoms with Gasteiger partial charge in [-0.15, -0.1) is 0 Å². The molecule has 7 heteroatoms. The largest absolute Gasteiger partial charge is 0.487 e. The fourth-order valence-corrected chi connectivity index (χ4v) is 3.51. The predicted molar refractivity (Wildman–Crippen MR) is 141 cm³/mol. The van der Waals surface area contributed by atoms with Crippen LogP contribution in [-0.2, 0) is 27.3 Å². The van der Waals surface area contributed by atoms with Crippen LogP contribution in [0.15, 0.2) is 96.2 Å². The highest BCUT2D eigenvalue weighted by molar-refractivity contribution is 6.46. The minimum Gasteiger partial charge on any atom is -0.487 e. The fraction of sp³-hybridized carbons (Fsp3) is 0.179. The molecule has 3 aromatic rings. The predicted octanol–water partition coefficient (Wildman–Crippen LogP) is 5.46. The number of benzene rings is 3. The first-order chi connectivity index (χ1) is 17.0. The van der Waals surface area contributed by atoms with Crippen LogP contribution in [0.2, 0.25) is 5.02 Å². The Morgan fingerprint density at radius 1 is 1.03 bits per heavy atom. The Balaban J connectivity index is 1.74. The summed E-state index contributed by atoms with van der Waals surface area (Å²) in [5.41, 5.74) is 3.63. The van der Waals surface area contributed by atoms with Gasteiger partial charge in [-0.05, 0) is 28.3 Å². The lowest BCUT2D eigenvalue weighted by molar-refractivity contribution is -0.115. The van der Waals surface area contributed by atoms with Crippen LogP contribution in [-0.4, -0.2) is 37.7 Å². The normalized spacial score (nSPS) is 11.1. The van der Waals surface area contributed by atoms with Crippen molar-refractivity contribution in [3.05, 3.63) is 107 Å². The van der Waals surface area contributed by atoms with Gasteiger partial charge in [0.15, 0.2) is 5.71 Å². The van der Waals surface area contributed by atoms with Gasteiger partial charge in [-0.25, -0.2) is 4.99 Å². The Labute approximate surface area is 210 Å². The van der Waals surface area contributed by atoms with E-state index in [2.05, 4.69) is 16.9 Å². The second kappa shape index (κ2) is 13.2. The van der Waals surface area contributed by atoms with E-state index in [1.807, 2.05) is 78.9 Å². The third kappa shape index (κ3) is 7.91. The Hall–Kier alpha value is -3.74. The molecule has 0 unspecified atom stereocenters. The van der Waals surface area contributed by atoms with Crippen molar-refractivity contribution in [2.24, 2.45) is 4.99 Å². The first-order valence-electron chi connectivity index (χ1n) is 11.1. The summed E-state index contributed by atoms with van der Waals surface area (Å²) in [6.45, 7) is 4.74. The molecule has 0 saturated heterocycles. The Morgan fingerprint density at radius 3 is 2.37 bits per heavy atom. The van der Waals surface area contributed by atoms with Crippen LogP contribution in [0.4, 0.5) is 0 Å². The van der Waals surface area contributed by atoms with Crippen molar-refractivity contribution in [3.63, 3.8) is 0 Å². The van der Waals surface area contributed by atoms with Gasteiger partial charge in [0.2, 0.25) is 0 Å². The van der Waals surface area contributed by atoms with Crippen LogP contribution in [0, 0.1) is 5.41 Å². The quantitative estimate of drug-likeness (QED) is 0.162. The molecule has 0 heterocycles. The van der Waals surface area contributed by atoms with Crippen molar-refractivity contribution in [1.82, 2.24) is 5.32 Å². The molecule has 180 valence electrons. The smallest absolute Gasteiger partial charge is 0.273 e. The van der Waals surface area contributed by atoms with E-state index in [0.29, 0.717) is 18.2 Å². The number of nitrogens with zero attached hydrogens (tertiary/aromatic N) is 1. The monoisotopic (exact) mass is 489 g/mol. The maximum absolute atomic E-state index is 12.8. The SMILES string of the molecule is C=C(OCc1ccccc1)C(=NC(=N)Cc1ccc(-c2ccccc2)cc1Cl)C(=O)NCCOC. The van der Waals surface area contributed by atoms with E-state index >= 15 is 0 Å². The molecule has 3 aromatic carbocycles. The molecule has 3 rings (SSSR count). The van der Waals surface area contributed by atoms with E-state index in [0.717, 1.165) is 22.3 Å². The zero-order chi connectivity index (χ0) is 25.0. The molecule has 35 heavy (non-hydrogen) atoms. The van der Waals surface area contributed by atoms with E-state index in [1.54, 1.807) is 7.11 Å². The average molecular weight is 490 g/mol. The van der Waals surface area contributed by atoms with Gasteiger partial charge < -0.3 is 14.8 Å². The lowest BCUT2D eigenvalue weighted by Crippen LogP contribution is -2.35. The number of carbonyl (C=O) groups is 1. The molecule has 0 aliphatic heterocycles. The van der Waals surface area contributed by atoms with E-state index in [4.69, 9.17) is 26.5 Å². The summed E-state index contributed by atoms with van der Waals surface area (Å²) in [5, 5.41) is 11.7. The van der Waals surface area contributed by atoms with Gasteiger partial charge in [-0.3, -0.25) is 10.2 Å². The number of nitrogens with one attached hydrogen (secondary N) is 2. The minimum atomic E-state index is -0.490. The number of amides is 1. The summed E-state index contributed by atoms with van der Waals surface area (Å²) < 4.78 is 10.7. The van der Waals surface area contributed by atoms with E-state index in [-0.39, 0.29) is 30.3 Å². The molecule has 1 amide bonds. The number of methoxy groups -OCH3 is 1. The first-order valence-corrected chi connectivity index (χ1v) is 11.5. The summed E-state index contributed by atoms with van der Waals surface area (Å²) in [5.74, 6) is -0.449. The number of amidine groups is 1. The Kier molecular flexibility index (Phi) is 9.78. The number of rotatable bonds is 11. The van der Waals surface area contributed by atoms with Gasteiger partial charge in [0.1, 0.15) is 18.2 Å². The number of ether oxygens (including phenoxy) is 2. The van der Waals surface area contributed by atoms with Crippen molar-refractivity contribution in [3.8, 4) is 11.1 Å². The van der Waals surface area contributed by atoms with Crippen molar-refractivity contribution in [2.45, 2.75) is 13.0 Å². The number of aliphatic imine (C=N–C) groups is 1. The number of halogens is 1.